The van der Waals surface area contributed by atoms with Crippen molar-refractivity contribution >= 4 is 34.5 Å². The molecule has 1 heterocycles. The molecule has 0 saturated carbocycles. The van der Waals surface area contributed by atoms with Gasteiger partial charge in [-0.05, 0) is 31.2 Å². The third-order valence-electron chi connectivity index (χ3n) is 4.16. The van der Waals surface area contributed by atoms with Crippen LogP contribution in [-0.4, -0.2) is 35.9 Å². The van der Waals surface area contributed by atoms with Crippen molar-refractivity contribution in [1.29, 1.82) is 0 Å². The second kappa shape index (κ2) is 9.31. The molecule has 28 heavy (non-hydrogen) atoms. The summed E-state index contributed by atoms with van der Waals surface area (Å²) in [4.78, 5) is 32.0. The smallest absolute Gasteiger partial charge is 0.338 e. The lowest BCUT2D eigenvalue weighted by Crippen LogP contribution is -2.03. The number of aryl methyl sites for hydroxylation is 1. The highest BCUT2D eigenvalue weighted by Crippen LogP contribution is 2.25. The van der Waals surface area contributed by atoms with Crippen LogP contribution in [0.1, 0.15) is 27.8 Å². The van der Waals surface area contributed by atoms with Gasteiger partial charge in [0.15, 0.2) is 6.29 Å². The average Bonchev–Trinajstić information content (AvgIpc) is 3.10. The summed E-state index contributed by atoms with van der Waals surface area (Å²) < 4.78 is 6.48. The Labute approximate surface area is 161 Å². The summed E-state index contributed by atoms with van der Waals surface area (Å²) in [6, 6.07) is 14.1. The van der Waals surface area contributed by atoms with Gasteiger partial charge in [-0.1, -0.05) is 18.2 Å². The fourth-order valence-electron chi connectivity index (χ4n) is 2.82. The second-order valence-electron chi connectivity index (χ2n) is 5.72. The number of carbonyl (C=O) groups is 2. The number of fused-ring (bicyclic) bond motifs is 1. The number of methoxy groups -OCH3 is 1. The van der Waals surface area contributed by atoms with Crippen LogP contribution in [0.2, 0.25) is 0 Å². The number of hydrogen-bond acceptors (Lipinski definition) is 6. The van der Waals surface area contributed by atoms with Crippen LogP contribution < -0.4 is 5.32 Å². The zero-order valence-electron chi connectivity index (χ0n) is 15.8. The maximum Gasteiger partial charge on any atom is 0.338 e. The van der Waals surface area contributed by atoms with Crippen molar-refractivity contribution in [1.82, 2.24) is 4.57 Å². The van der Waals surface area contributed by atoms with E-state index in [1.165, 1.54) is 25.3 Å². The molecule has 0 saturated heterocycles. The van der Waals surface area contributed by atoms with E-state index >= 15 is 0 Å². The maximum atomic E-state index is 11.1. The summed E-state index contributed by atoms with van der Waals surface area (Å²) in [6.07, 6.45) is 0.906. The Hall–Kier alpha value is -3.68. The number of esters is 1. The van der Waals surface area contributed by atoms with Crippen molar-refractivity contribution in [3.8, 4) is 0 Å². The quantitative estimate of drug-likeness (QED) is 0.310. The van der Waals surface area contributed by atoms with E-state index in [9.17, 15) is 19.7 Å². The van der Waals surface area contributed by atoms with Gasteiger partial charge in [0.05, 0.1) is 23.3 Å². The van der Waals surface area contributed by atoms with Crippen molar-refractivity contribution in [3.05, 3.63) is 69.9 Å². The fraction of sp³-hybridized carbons (Fsp3) is 0.200. The van der Waals surface area contributed by atoms with E-state index in [0.29, 0.717) is 5.69 Å². The monoisotopic (exact) mass is 383 g/mol. The lowest BCUT2D eigenvalue weighted by molar-refractivity contribution is -0.384. The van der Waals surface area contributed by atoms with Crippen LogP contribution in [0.5, 0.6) is 0 Å². The lowest BCUT2D eigenvalue weighted by Gasteiger charge is -2.03. The summed E-state index contributed by atoms with van der Waals surface area (Å²) in [6.45, 7) is 2.88. The van der Waals surface area contributed by atoms with E-state index in [-0.39, 0.29) is 11.3 Å². The molecule has 2 aromatic carbocycles. The standard InChI is InChI=1S/C11H11NO.C9H10N2O4/c1-2-12-10(8-13)7-9-5-3-4-6-11(9)12;1-10-7-4-3-6(9(12)15-2)5-8(7)11(13)14/h3-8H,2H2,1H3;3-5,10H,1-2H3. The van der Waals surface area contributed by atoms with Crippen molar-refractivity contribution in [2.45, 2.75) is 13.5 Å². The molecule has 8 heteroatoms. The summed E-state index contributed by atoms with van der Waals surface area (Å²) in [5.41, 5.74) is 2.24. The molecule has 0 atom stereocenters. The van der Waals surface area contributed by atoms with Crippen LogP contribution >= 0.6 is 0 Å². The highest BCUT2D eigenvalue weighted by Gasteiger charge is 2.16. The van der Waals surface area contributed by atoms with E-state index < -0.39 is 10.9 Å². The Bertz CT molecular complexity index is 1010. The van der Waals surface area contributed by atoms with Gasteiger partial charge in [-0.3, -0.25) is 14.9 Å². The first-order valence-electron chi connectivity index (χ1n) is 8.54. The Morgan fingerprint density at radius 1 is 1.25 bits per heavy atom. The van der Waals surface area contributed by atoms with Crippen molar-refractivity contribution < 1.29 is 19.2 Å². The van der Waals surface area contributed by atoms with E-state index in [1.54, 1.807) is 7.05 Å². The number of nitrogens with one attached hydrogen (secondary N) is 1. The largest absolute Gasteiger partial charge is 0.465 e. The number of carbonyl (C=O) groups excluding carboxylic acids is 2. The van der Waals surface area contributed by atoms with Crippen molar-refractivity contribution in [2.75, 3.05) is 19.5 Å². The van der Waals surface area contributed by atoms with Crippen LogP contribution in [0.4, 0.5) is 11.4 Å². The highest BCUT2D eigenvalue weighted by molar-refractivity contribution is 5.91. The normalized spacial score (nSPS) is 9.96. The van der Waals surface area contributed by atoms with Gasteiger partial charge >= 0.3 is 5.97 Å². The number of aromatic nitrogens is 1. The van der Waals surface area contributed by atoms with Gasteiger partial charge in [0, 0.05) is 30.6 Å². The van der Waals surface area contributed by atoms with Crippen LogP contribution in [-0.2, 0) is 11.3 Å². The highest BCUT2D eigenvalue weighted by atomic mass is 16.6. The van der Waals surface area contributed by atoms with Crippen LogP contribution in [0.3, 0.4) is 0 Å². The molecule has 0 fully saturated rings. The van der Waals surface area contributed by atoms with Crippen LogP contribution in [0, 0.1) is 10.1 Å². The Balaban J connectivity index is 0.000000202. The lowest BCUT2D eigenvalue weighted by atomic mass is 10.2. The minimum absolute atomic E-state index is 0.152. The number of hydrogen-bond donors (Lipinski definition) is 1. The molecule has 0 bridgehead atoms. The number of nitro groups is 1. The number of nitro benzene ring substituents is 1. The molecular weight excluding hydrogens is 362 g/mol. The average molecular weight is 383 g/mol. The predicted molar refractivity (Wildman–Crippen MR) is 107 cm³/mol. The predicted octanol–water partition coefficient (Wildman–Crippen LogP) is 3.90. The first-order valence-corrected chi connectivity index (χ1v) is 8.54. The Kier molecular flexibility index (Phi) is 6.86. The van der Waals surface area contributed by atoms with Crippen LogP contribution in [0.25, 0.3) is 10.9 Å². The van der Waals surface area contributed by atoms with Gasteiger partial charge in [-0.25, -0.2) is 4.79 Å². The number of nitrogens with zero attached hydrogens (tertiary/aromatic N) is 2. The number of benzene rings is 2. The summed E-state index contributed by atoms with van der Waals surface area (Å²) in [5, 5.41) is 14.5. The molecule has 3 rings (SSSR count). The van der Waals surface area contributed by atoms with Gasteiger partial charge in [0.2, 0.25) is 0 Å². The molecule has 3 aromatic rings. The minimum atomic E-state index is -0.597. The third kappa shape index (κ3) is 4.35. The molecule has 0 aliphatic carbocycles. The molecule has 0 aliphatic rings. The van der Waals surface area contributed by atoms with Crippen molar-refractivity contribution in [2.24, 2.45) is 0 Å². The maximum absolute atomic E-state index is 11.1. The third-order valence-corrected chi connectivity index (χ3v) is 4.16. The van der Waals surface area contributed by atoms with Gasteiger partial charge in [-0.2, -0.15) is 0 Å². The molecule has 0 spiro atoms. The van der Waals surface area contributed by atoms with Crippen molar-refractivity contribution in [3.63, 3.8) is 0 Å². The molecule has 0 unspecified atom stereocenters. The molecular formula is C20H21N3O5. The van der Waals surface area contributed by atoms with Gasteiger partial charge in [-0.15, -0.1) is 0 Å². The fourth-order valence-corrected chi connectivity index (χ4v) is 2.82. The van der Waals surface area contributed by atoms with Gasteiger partial charge in [0.1, 0.15) is 5.69 Å². The van der Waals surface area contributed by atoms with E-state index in [4.69, 9.17) is 0 Å². The van der Waals surface area contributed by atoms with E-state index in [2.05, 4.69) is 10.1 Å². The summed E-state index contributed by atoms with van der Waals surface area (Å²) in [7, 11) is 2.79. The zero-order chi connectivity index (χ0) is 20.7. The summed E-state index contributed by atoms with van der Waals surface area (Å²) in [5.74, 6) is -0.597. The van der Waals surface area contributed by atoms with Crippen LogP contribution in [0.15, 0.2) is 48.5 Å². The molecule has 0 radical (unpaired) electrons. The summed E-state index contributed by atoms with van der Waals surface area (Å²) >= 11 is 0. The molecule has 8 nitrogen and oxygen atoms in total. The number of aldehydes is 1. The molecule has 146 valence electrons. The van der Waals surface area contributed by atoms with Gasteiger partial charge in [0.25, 0.3) is 5.69 Å². The number of ether oxygens (including phenoxy) is 1. The number of rotatable bonds is 5. The first-order chi connectivity index (χ1) is 13.5. The second-order valence-corrected chi connectivity index (χ2v) is 5.72. The molecule has 0 amide bonds. The first kappa shape index (κ1) is 20.6. The van der Waals surface area contributed by atoms with E-state index in [1.807, 2.05) is 41.8 Å². The van der Waals surface area contributed by atoms with E-state index in [0.717, 1.165) is 29.4 Å². The SMILES string of the molecule is CCn1c(C=O)cc2ccccc21.CNc1ccc(C(=O)OC)cc1[N+](=O)[O-]. The topological polar surface area (TPSA) is 103 Å². The molecule has 1 N–H and O–H groups in total. The zero-order valence-corrected chi connectivity index (χ0v) is 15.8. The number of anilines is 1. The minimum Gasteiger partial charge on any atom is -0.465 e. The molecule has 1 aromatic heterocycles. The van der Waals surface area contributed by atoms with Gasteiger partial charge < -0.3 is 14.6 Å². The Morgan fingerprint density at radius 2 is 1.96 bits per heavy atom. The Morgan fingerprint density at radius 3 is 2.54 bits per heavy atom. The number of para-hydroxylation sites is 1. The molecule has 0 aliphatic heterocycles.